The highest BCUT2D eigenvalue weighted by atomic mass is 16.5. The number of nitrogens with zero attached hydrogens (tertiary/aromatic N) is 4. The van der Waals surface area contributed by atoms with Crippen LogP contribution in [0.15, 0.2) is 40.9 Å². The Balaban J connectivity index is 1.38. The summed E-state index contributed by atoms with van der Waals surface area (Å²) in [5, 5.41) is 6.34. The third-order valence-electron chi connectivity index (χ3n) is 4.77. The lowest BCUT2D eigenvalue weighted by molar-refractivity contribution is -0.134. The Labute approximate surface area is 165 Å². The maximum Gasteiger partial charge on any atom is 0.245 e. The first-order valence-corrected chi connectivity index (χ1v) is 9.45. The van der Waals surface area contributed by atoms with Crippen molar-refractivity contribution in [1.82, 2.24) is 19.9 Å². The molecule has 2 heterocycles. The molecule has 1 fully saturated rings. The SMILES string of the molecule is Cc1cc(NC(=O)CN(C)C(=O)CN2CCN(Cc3ccccc3)CC2)no1. The summed E-state index contributed by atoms with van der Waals surface area (Å²) in [5.41, 5.74) is 1.31. The minimum absolute atomic E-state index is 0.0152. The van der Waals surface area contributed by atoms with E-state index in [4.69, 9.17) is 4.52 Å². The van der Waals surface area contributed by atoms with Crippen LogP contribution in [0.25, 0.3) is 0 Å². The van der Waals surface area contributed by atoms with Crippen molar-refractivity contribution in [2.45, 2.75) is 13.5 Å². The van der Waals surface area contributed by atoms with Crippen LogP contribution in [0.1, 0.15) is 11.3 Å². The highest BCUT2D eigenvalue weighted by molar-refractivity contribution is 5.93. The molecule has 8 heteroatoms. The molecule has 0 atom stereocenters. The number of aryl methyl sites for hydroxylation is 1. The maximum absolute atomic E-state index is 12.4. The van der Waals surface area contributed by atoms with Crippen LogP contribution in [0.4, 0.5) is 5.82 Å². The van der Waals surface area contributed by atoms with Gasteiger partial charge in [-0.1, -0.05) is 35.5 Å². The normalized spacial score (nSPS) is 15.4. The molecule has 0 aliphatic carbocycles. The molecular formula is C20H27N5O3. The number of hydrogen-bond acceptors (Lipinski definition) is 6. The van der Waals surface area contributed by atoms with Crippen molar-refractivity contribution in [3.8, 4) is 0 Å². The van der Waals surface area contributed by atoms with Crippen LogP contribution in [0.2, 0.25) is 0 Å². The van der Waals surface area contributed by atoms with E-state index >= 15 is 0 Å². The van der Waals surface area contributed by atoms with Gasteiger partial charge in [0, 0.05) is 45.8 Å². The first-order chi connectivity index (χ1) is 13.5. The van der Waals surface area contributed by atoms with Gasteiger partial charge in [-0.05, 0) is 12.5 Å². The van der Waals surface area contributed by atoms with Gasteiger partial charge >= 0.3 is 0 Å². The average molecular weight is 385 g/mol. The van der Waals surface area contributed by atoms with E-state index in [0.717, 1.165) is 32.7 Å². The van der Waals surface area contributed by atoms with Gasteiger partial charge in [-0.3, -0.25) is 19.4 Å². The molecular weight excluding hydrogens is 358 g/mol. The molecule has 150 valence electrons. The zero-order valence-electron chi connectivity index (χ0n) is 16.4. The van der Waals surface area contributed by atoms with Crippen molar-refractivity contribution in [2.75, 3.05) is 51.6 Å². The monoisotopic (exact) mass is 385 g/mol. The molecule has 1 saturated heterocycles. The summed E-state index contributed by atoms with van der Waals surface area (Å²) in [6.07, 6.45) is 0. The first-order valence-electron chi connectivity index (χ1n) is 9.45. The van der Waals surface area contributed by atoms with Crippen LogP contribution < -0.4 is 5.32 Å². The van der Waals surface area contributed by atoms with Crippen molar-refractivity contribution in [3.63, 3.8) is 0 Å². The number of aromatic nitrogens is 1. The van der Waals surface area contributed by atoms with Gasteiger partial charge in [-0.2, -0.15) is 0 Å². The Morgan fingerprint density at radius 2 is 1.82 bits per heavy atom. The van der Waals surface area contributed by atoms with Gasteiger partial charge < -0.3 is 14.7 Å². The summed E-state index contributed by atoms with van der Waals surface area (Å²) in [6.45, 7) is 6.54. The maximum atomic E-state index is 12.4. The predicted molar refractivity (Wildman–Crippen MR) is 106 cm³/mol. The molecule has 28 heavy (non-hydrogen) atoms. The molecule has 0 spiro atoms. The lowest BCUT2D eigenvalue weighted by atomic mass is 10.2. The molecule has 0 saturated carbocycles. The highest BCUT2D eigenvalue weighted by Crippen LogP contribution is 2.09. The second-order valence-electron chi connectivity index (χ2n) is 7.16. The second kappa shape index (κ2) is 9.48. The van der Waals surface area contributed by atoms with E-state index in [1.54, 1.807) is 20.0 Å². The molecule has 8 nitrogen and oxygen atoms in total. The number of nitrogens with one attached hydrogen (secondary N) is 1. The molecule has 0 unspecified atom stereocenters. The number of hydrogen-bond donors (Lipinski definition) is 1. The quantitative estimate of drug-likeness (QED) is 0.771. The summed E-state index contributed by atoms with van der Waals surface area (Å²) in [4.78, 5) is 30.4. The number of piperazine rings is 1. The number of likely N-dealkylation sites (N-methyl/N-ethyl adjacent to an activating group) is 1. The summed E-state index contributed by atoms with van der Waals surface area (Å²) in [5.74, 6) is 0.615. The van der Waals surface area contributed by atoms with Crippen LogP contribution >= 0.6 is 0 Å². The van der Waals surface area contributed by atoms with Gasteiger partial charge in [0.25, 0.3) is 0 Å². The lowest BCUT2D eigenvalue weighted by Crippen LogP contribution is -2.49. The Hall–Kier alpha value is -2.71. The summed E-state index contributed by atoms with van der Waals surface area (Å²) >= 11 is 0. The molecule has 1 aliphatic heterocycles. The number of rotatable bonds is 7. The average Bonchev–Trinajstić information content (AvgIpc) is 3.08. The molecule has 3 rings (SSSR count). The molecule has 1 N–H and O–H groups in total. The molecule has 0 radical (unpaired) electrons. The van der Waals surface area contributed by atoms with Crippen molar-refractivity contribution < 1.29 is 14.1 Å². The Morgan fingerprint density at radius 1 is 1.14 bits per heavy atom. The zero-order chi connectivity index (χ0) is 19.9. The van der Waals surface area contributed by atoms with Gasteiger partial charge in [0.05, 0.1) is 13.1 Å². The molecule has 2 amide bonds. The van der Waals surface area contributed by atoms with E-state index in [0.29, 0.717) is 18.1 Å². The predicted octanol–water partition coefficient (Wildman–Crippen LogP) is 1.20. The van der Waals surface area contributed by atoms with E-state index in [-0.39, 0.29) is 18.4 Å². The fraction of sp³-hybridized carbons (Fsp3) is 0.450. The van der Waals surface area contributed by atoms with Gasteiger partial charge in [0.1, 0.15) is 5.76 Å². The molecule has 1 aromatic heterocycles. The third-order valence-corrected chi connectivity index (χ3v) is 4.77. The van der Waals surface area contributed by atoms with E-state index in [9.17, 15) is 9.59 Å². The number of carbonyl (C=O) groups is 2. The van der Waals surface area contributed by atoms with E-state index < -0.39 is 0 Å². The largest absolute Gasteiger partial charge is 0.360 e. The van der Waals surface area contributed by atoms with Gasteiger partial charge in [0.2, 0.25) is 11.8 Å². The number of carbonyl (C=O) groups excluding carboxylic acids is 2. The van der Waals surface area contributed by atoms with Crippen LogP contribution in [0.5, 0.6) is 0 Å². The summed E-state index contributed by atoms with van der Waals surface area (Å²) in [7, 11) is 1.64. The van der Waals surface area contributed by atoms with Crippen molar-refractivity contribution in [1.29, 1.82) is 0 Å². The fourth-order valence-corrected chi connectivity index (χ4v) is 3.17. The van der Waals surface area contributed by atoms with Crippen LogP contribution in [-0.2, 0) is 16.1 Å². The van der Waals surface area contributed by atoms with Gasteiger partial charge in [0.15, 0.2) is 5.82 Å². The number of amides is 2. The molecule has 1 aromatic carbocycles. The fourth-order valence-electron chi connectivity index (χ4n) is 3.17. The van der Waals surface area contributed by atoms with E-state index in [1.165, 1.54) is 10.5 Å². The van der Waals surface area contributed by atoms with Gasteiger partial charge in [-0.25, -0.2) is 0 Å². The minimum Gasteiger partial charge on any atom is -0.360 e. The van der Waals surface area contributed by atoms with E-state index in [2.05, 4.69) is 44.5 Å². The summed E-state index contributed by atoms with van der Waals surface area (Å²) < 4.78 is 4.91. The molecule has 2 aromatic rings. The molecule has 0 bridgehead atoms. The van der Waals surface area contributed by atoms with Crippen LogP contribution in [-0.4, -0.2) is 78.0 Å². The van der Waals surface area contributed by atoms with E-state index in [1.807, 2.05) is 6.07 Å². The second-order valence-corrected chi connectivity index (χ2v) is 7.16. The number of benzene rings is 1. The third kappa shape index (κ3) is 5.90. The Bertz CT molecular complexity index is 784. The van der Waals surface area contributed by atoms with Gasteiger partial charge in [-0.15, -0.1) is 0 Å². The Kier molecular flexibility index (Phi) is 6.78. The zero-order valence-corrected chi connectivity index (χ0v) is 16.4. The minimum atomic E-state index is -0.295. The topological polar surface area (TPSA) is 81.9 Å². The standard InChI is InChI=1S/C20H27N5O3/c1-16-12-18(22-28-16)21-19(26)14-23(2)20(27)15-25-10-8-24(9-11-25)13-17-6-4-3-5-7-17/h3-7,12H,8-11,13-15H2,1-2H3,(H,21,22,26). The first kappa shape index (κ1) is 20.0. The highest BCUT2D eigenvalue weighted by Gasteiger charge is 2.21. The van der Waals surface area contributed by atoms with Crippen LogP contribution in [0, 0.1) is 6.92 Å². The summed E-state index contributed by atoms with van der Waals surface area (Å²) in [6, 6.07) is 12.0. The number of anilines is 1. The van der Waals surface area contributed by atoms with Crippen molar-refractivity contribution in [2.24, 2.45) is 0 Å². The molecule has 1 aliphatic rings. The van der Waals surface area contributed by atoms with Crippen molar-refractivity contribution in [3.05, 3.63) is 47.7 Å². The van der Waals surface area contributed by atoms with Crippen molar-refractivity contribution >= 4 is 17.6 Å². The Morgan fingerprint density at radius 3 is 2.46 bits per heavy atom. The van der Waals surface area contributed by atoms with Crippen LogP contribution in [0.3, 0.4) is 0 Å². The smallest absolute Gasteiger partial charge is 0.245 e. The lowest BCUT2D eigenvalue weighted by Gasteiger charge is -2.35.